The molecule has 1 N–H and O–H groups in total. The number of fused-ring (bicyclic) bond motifs is 1. The normalized spacial score (nSPS) is 17.8. The van der Waals surface area contributed by atoms with Crippen LogP contribution in [0, 0.1) is 5.82 Å². The van der Waals surface area contributed by atoms with Crippen LogP contribution in [0.15, 0.2) is 22.7 Å². The van der Waals surface area contributed by atoms with Crippen LogP contribution in [0.5, 0.6) is 0 Å². The Kier molecular flexibility index (Phi) is 4.72. The molecule has 0 bridgehead atoms. The summed E-state index contributed by atoms with van der Waals surface area (Å²) in [7, 11) is 0. The van der Waals surface area contributed by atoms with Crippen molar-refractivity contribution in [3.05, 3.63) is 39.1 Å². The molecule has 0 spiro atoms. The van der Waals surface area contributed by atoms with Crippen LogP contribution in [0.3, 0.4) is 0 Å². The molecule has 0 saturated carbocycles. The van der Waals surface area contributed by atoms with E-state index in [9.17, 15) is 4.39 Å². The molecule has 1 aromatic carbocycles. The third-order valence-corrected chi connectivity index (χ3v) is 5.61. The number of hydrogen-bond acceptors (Lipinski definition) is 3. The summed E-state index contributed by atoms with van der Waals surface area (Å²) < 4.78 is 14.4. The molecule has 1 heterocycles. The quantitative estimate of drug-likeness (QED) is 0.812. The Morgan fingerprint density at radius 2 is 2.33 bits per heavy atom. The summed E-state index contributed by atoms with van der Waals surface area (Å²) in [4.78, 5) is 6.16. The summed E-state index contributed by atoms with van der Waals surface area (Å²) in [6, 6.07) is 5.12. The Balaban J connectivity index is 1.96. The number of halogens is 2. The lowest BCUT2D eigenvalue weighted by Crippen LogP contribution is -2.25. The molecule has 1 aromatic heterocycles. The van der Waals surface area contributed by atoms with E-state index in [1.807, 2.05) is 0 Å². The van der Waals surface area contributed by atoms with Crippen molar-refractivity contribution < 1.29 is 4.39 Å². The molecule has 0 amide bonds. The summed E-state index contributed by atoms with van der Waals surface area (Å²) in [5, 5.41) is 4.49. The van der Waals surface area contributed by atoms with Crippen LogP contribution < -0.4 is 5.32 Å². The fraction of sp³-hybridized carbons (Fsp3) is 0.438. The van der Waals surface area contributed by atoms with Crippen LogP contribution in [-0.2, 0) is 6.42 Å². The van der Waals surface area contributed by atoms with Gasteiger partial charge in [-0.1, -0.05) is 22.9 Å². The topological polar surface area (TPSA) is 24.9 Å². The smallest absolute Gasteiger partial charge is 0.125 e. The first-order valence-electron chi connectivity index (χ1n) is 7.37. The van der Waals surface area contributed by atoms with E-state index in [2.05, 4.69) is 28.2 Å². The van der Waals surface area contributed by atoms with Gasteiger partial charge in [0.05, 0.1) is 11.7 Å². The van der Waals surface area contributed by atoms with Gasteiger partial charge in [-0.15, -0.1) is 11.3 Å². The highest BCUT2D eigenvalue weighted by Gasteiger charge is 2.25. The molecule has 0 saturated heterocycles. The third-order valence-electron chi connectivity index (χ3n) is 3.75. The average Bonchev–Trinajstić information content (AvgIpc) is 2.92. The van der Waals surface area contributed by atoms with Gasteiger partial charge in [-0.25, -0.2) is 9.37 Å². The first-order chi connectivity index (χ1) is 10.2. The Bertz CT molecular complexity index is 641. The lowest BCUT2D eigenvalue weighted by atomic mass is 9.97. The lowest BCUT2D eigenvalue weighted by Gasteiger charge is -2.22. The van der Waals surface area contributed by atoms with Crippen molar-refractivity contribution in [3.63, 3.8) is 0 Å². The number of aryl methyl sites for hydroxylation is 1. The van der Waals surface area contributed by atoms with E-state index in [0.29, 0.717) is 6.04 Å². The molecule has 2 aromatic rings. The predicted octanol–water partition coefficient (Wildman–Crippen LogP) is 5.09. The van der Waals surface area contributed by atoms with Crippen LogP contribution in [0.4, 0.5) is 4.39 Å². The molecule has 1 unspecified atom stereocenters. The zero-order valence-electron chi connectivity index (χ0n) is 12.0. The molecular formula is C16H18BrFN2S. The number of nitrogens with one attached hydrogen (secondary N) is 1. The van der Waals surface area contributed by atoms with Gasteiger partial charge in [0.15, 0.2) is 0 Å². The number of rotatable bonds is 4. The Hall–Kier alpha value is -0.780. The van der Waals surface area contributed by atoms with Gasteiger partial charge in [-0.2, -0.15) is 0 Å². The predicted molar refractivity (Wildman–Crippen MR) is 89.2 cm³/mol. The van der Waals surface area contributed by atoms with E-state index in [-0.39, 0.29) is 5.82 Å². The molecule has 1 aliphatic rings. The molecule has 5 heteroatoms. The highest BCUT2D eigenvalue weighted by Crippen LogP contribution is 2.39. The Morgan fingerprint density at radius 1 is 1.48 bits per heavy atom. The van der Waals surface area contributed by atoms with E-state index in [0.717, 1.165) is 40.9 Å². The monoisotopic (exact) mass is 368 g/mol. The third kappa shape index (κ3) is 3.20. The number of benzene rings is 1. The van der Waals surface area contributed by atoms with Crippen molar-refractivity contribution in [3.8, 4) is 10.6 Å². The fourth-order valence-electron chi connectivity index (χ4n) is 2.71. The molecule has 1 aliphatic carbocycles. The highest BCUT2D eigenvalue weighted by molar-refractivity contribution is 9.10. The highest BCUT2D eigenvalue weighted by atomic mass is 79.9. The van der Waals surface area contributed by atoms with Gasteiger partial charge in [0.25, 0.3) is 0 Å². The minimum absolute atomic E-state index is 0.220. The zero-order chi connectivity index (χ0) is 14.8. The maximum Gasteiger partial charge on any atom is 0.125 e. The van der Waals surface area contributed by atoms with Crippen molar-refractivity contribution in [2.24, 2.45) is 0 Å². The van der Waals surface area contributed by atoms with Crippen LogP contribution in [-0.4, -0.2) is 11.5 Å². The molecule has 112 valence electrons. The maximum atomic E-state index is 13.5. The Morgan fingerprint density at radius 3 is 3.14 bits per heavy atom. The maximum absolute atomic E-state index is 13.5. The second kappa shape index (κ2) is 6.55. The van der Waals surface area contributed by atoms with Crippen LogP contribution in [0.2, 0.25) is 0 Å². The van der Waals surface area contributed by atoms with Gasteiger partial charge >= 0.3 is 0 Å². The van der Waals surface area contributed by atoms with E-state index >= 15 is 0 Å². The fourth-order valence-corrected chi connectivity index (χ4v) is 4.47. The summed E-state index contributed by atoms with van der Waals surface area (Å²) in [5.41, 5.74) is 2.02. The molecule has 0 fully saturated rings. The molecule has 3 rings (SSSR count). The summed E-state index contributed by atoms with van der Waals surface area (Å²) >= 11 is 5.20. The summed E-state index contributed by atoms with van der Waals surface area (Å²) in [6.07, 6.45) is 4.54. The first kappa shape index (κ1) is 15.1. The van der Waals surface area contributed by atoms with Crippen molar-refractivity contribution in [1.82, 2.24) is 10.3 Å². The van der Waals surface area contributed by atoms with Crippen molar-refractivity contribution in [1.29, 1.82) is 0 Å². The van der Waals surface area contributed by atoms with E-state index < -0.39 is 0 Å². The van der Waals surface area contributed by atoms with Crippen molar-refractivity contribution in [2.75, 3.05) is 6.54 Å². The van der Waals surface area contributed by atoms with Gasteiger partial charge in [0.1, 0.15) is 10.8 Å². The number of hydrogen-bond donors (Lipinski definition) is 1. The van der Waals surface area contributed by atoms with Gasteiger partial charge < -0.3 is 5.32 Å². The van der Waals surface area contributed by atoms with Gasteiger partial charge in [-0.05, 0) is 50.4 Å². The molecule has 1 atom stereocenters. The number of nitrogens with zero attached hydrogens (tertiary/aromatic N) is 1. The van der Waals surface area contributed by atoms with Crippen LogP contribution in [0.1, 0.15) is 42.8 Å². The van der Waals surface area contributed by atoms with Crippen LogP contribution >= 0.6 is 27.3 Å². The Labute approximate surface area is 136 Å². The summed E-state index contributed by atoms with van der Waals surface area (Å²) in [5.74, 6) is -0.220. The average molecular weight is 369 g/mol. The standard InChI is InChI=1S/C16H18BrFN2S/c1-2-8-19-13-4-3-5-14-15(13)20-16(21-14)11-9-10(18)6-7-12(11)17/h6-7,9,13,19H,2-5,8H2,1H3. The first-order valence-corrected chi connectivity index (χ1v) is 8.98. The number of thiazole rings is 1. The summed E-state index contributed by atoms with van der Waals surface area (Å²) in [6.45, 7) is 3.19. The minimum Gasteiger partial charge on any atom is -0.309 e. The SMILES string of the molecule is CCCNC1CCCc2sc(-c3cc(F)ccc3Br)nc21. The molecule has 2 nitrogen and oxygen atoms in total. The van der Waals surface area contributed by atoms with Crippen molar-refractivity contribution >= 4 is 27.3 Å². The molecular weight excluding hydrogens is 351 g/mol. The molecule has 0 radical (unpaired) electrons. The number of aromatic nitrogens is 1. The second-order valence-electron chi connectivity index (χ2n) is 5.35. The zero-order valence-corrected chi connectivity index (χ0v) is 14.4. The minimum atomic E-state index is -0.220. The van der Waals surface area contributed by atoms with E-state index in [4.69, 9.17) is 4.98 Å². The van der Waals surface area contributed by atoms with E-state index in [1.165, 1.54) is 23.1 Å². The van der Waals surface area contributed by atoms with Crippen LogP contribution in [0.25, 0.3) is 10.6 Å². The van der Waals surface area contributed by atoms with Gasteiger partial charge in [-0.3, -0.25) is 0 Å². The van der Waals surface area contributed by atoms with Crippen molar-refractivity contribution in [2.45, 2.75) is 38.6 Å². The largest absolute Gasteiger partial charge is 0.309 e. The lowest BCUT2D eigenvalue weighted by molar-refractivity contribution is 0.454. The van der Waals surface area contributed by atoms with Gasteiger partial charge in [0.2, 0.25) is 0 Å². The van der Waals surface area contributed by atoms with Gasteiger partial charge in [0, 0.05) is 14.9 Å². The van der Waals surface area contributed by atoms with E-state index in [1.54, 1.807) is 23.5 Å². The molecule has 0 aliphatic heterocycles. The molecule has 21 heavy (non-hydrogen) atoms. The second-order valence-corrected chi connectivity index (χ2v) is 7.29.